The van der Waals surface area contributed by atoms with Crippen LogP contribution in [-0.4, -0.2) is 29.3 Å². The predicted molar refractivity (Wildman–Crippen MR) is 93.1 cm³/mol. The molecule has 24 heavy (non-hydrogen) atoms. The summed E-state index contributed by atoms with van der Waals surface area (Å²) in [7, 11) is 3.94. The molecule has 0 amide bonds. The molecule has 0 saturated carbocycles. The Hall–Kier alpha value is -2.73. The number of hydrogen-bond donors (Lipinski definition) is 2. The van der Waals surface area contributed by atoms with Crippen molar-refractivity contribution in [3.8, 4) is 11.3 Å². The quantitative estimate of drug-likeness (QED) is 0.731. The topological polar surface area (TPSA) is 56.8 Å². The minimum atomic E-state index is -0.244. The zero-order valence-electron chi connectivity index (χ0n) is 13.8. The smallest absolute Gasteiger partial charge is 0.127 e. The van der Waals surface area contributed by atoms with Crippen molar-refractivity contribution in [3.63, 3.8) is 0 Å². The number of pyridine rings is 1. The molecule has 0 saturated heterocycles. The standard InChI is InChI=1S/C18H20FN5/c1-24(2)17-8-3-13(10-21-17)9-20-11-15-12-22-23-18(15)14-4-6-16(19)7-5-14/h3-8,10,12,20H,9,11H2,1-2H3,(H,22,23). The van der Waals surface area contributed by atoms with Crippen LogP contribution in [0.2, 0.25) is 0 Å². The van der Waals surface area contributed by atoms with E-state index >= 15 is 0 Å². The van der Waals surface area contributed by atoms with Crippen molar-refractivity contribution in [1.82, 2.24) is 20.5 Å². The number of aromatic nitrogens is 3. The maximum Gasteiger partial charge on any atom is 0.127 e. The Morgan fingerprint density at radius 2 is 1.83 bits per heavy atom. The van der Waals surface area contributed by atoms with Gasteiger partial charge in [-0.1, -0.05) is 6.07 Å². The number of rotatable bonds is 6. The summed E-state index contributed by atoms with van der Waals surface area (Å²) in [6.07, 6.45) is 3.66. The van der Waals surface area contributed by atoms with Gasteiger partial charge in [0, 0.05) is 44.5 Å². The van der Waals surface area contributed by atoms with Gasteiger partial charge < -0.3 is 10.2 Å². The maximum absolute atomic E-state index is 13.1. The van der Waals surface area contributed by atoms with Crippen LogP contribution in [0.1, 0.15) is 11.1 Å². The molecule has 3 aromatic rings. The maximum atomic E-state index is 13.1. The SMILES string of the molecule is CN(C)c1ccc(CNCc2cn[nH]c2-c2ccc(F)cc2)cn1. The average molecular weight is 325 g/mol. The summed E-state index contributed by atoms with van der Waals surface area (Å²) in [5, 5.41) is 10.5. The molecule has 0 aliphatic rings. The average Bonchev–Trinajstić information content (AvgIpc) is 3.04. The van der Waals surface area contributed by atoms with Crippen molar-refractivity contribution in [2.45, 2.75) is 13.1 Å². The number of anilines is 1. The Morgan fingerprint density at radius 1 is 1.04 bits per heavy atom. The van der Waals surface area contributed by atoms with Crippen LogP contribution >= 0.6 is 0 Å². The molecule has 0 radical (unpaired) electrons. The van der Waals surface area contributed by atoms with E-state index in [1.165, 1.54) is 12.1 Å². The highest BCUT2D eigenvalue weighted by Crippen LogP contribution is 2.21. The van der Waals surface area contributed by atoms with Gasteiger partial charge in [-0.25, -0.2) is 9.37 Å². The van der Waals surface area contributed by atoms with E-state index in [0.717, 1.165) is 34.7 Å². The molecule has 2 aromatic heterocycles. The Balaban J connectivity index is 1.61. The lowest BCUT2D eigenvalue weighted by Gasteiger charge is -2.11. The summed E-state index contributed by atoms with van der Waals surface area (Å²) >= 11 is 0. The van der Waals surface area contributed by atoms with Gasteiger partial charge in [0.1, 0.15) is 11.6 Å². The molecule has 0 aliphatic carbocycles. The molecule has 0 unspecified atom stereocenters. The van der Waals surface area contributed by atoms with E-state index in [9.17, 15) is 4.39 Å². The highest BCUT2D eigenvalue weighted by atomic mass is 19.1. The molecule has 0 bridgehead atoms. The van der Waals surface area contributed by atoms with Crippen LogP contribution in [0, 0.1) is 5.82 Å². The van der Waals surface area contributed by atoms with Gasteiger partial charge in [0.15, 0.2) is 0 Å². The lowest BCUT2D eigenvalue weighted by molar-refractivity contribution is 0.628. The van der Waals surface area contributed by atoms with Crippen molar-refractivity contribution in [2.75, 3.05) is 19.0 Å². The summed E-state index contributed by atoms with van der Waals surface area (Å²) in [5.41, 5.74) is 3.98. The van der Waals surface area contributed by atoms with Crippen LogP contribution in [0.5, 0.6) is 0 Å². The fourth-order valence-electron chi connectivity index (χ4n) is 2.44. The minimum Gasteiger partial charge on any atom is -0.363 e. The highest BCUT2D eigenvalue weighted by molar-refractivity contribution is 5.62. The monoisotopic (exact) mass is 325 g/mol. The second-order valence-corrected chi connectivity index (χ2v) is 5.80. The van der Waals surface area contributed by atoms with Crippen LogP contribution in [0.15, 0.2) is 48.8 Å². The summed E-state index contributed by atoms with van der Waals surface area (Å²) in [6.45, 7) is 1.38. The number of hydrogen-bond acceptors (Lipinski definition) is 4. The molecule has 2 N–H and O–H groups in total. The van der Waals surface area contributed by atoms with Crippen molar-refractivity contribution >= 4 is 5.82 Å². The van der Waals surface area contributed by atoms with E-state index in [2.05, 4.69) is 26.6 Å². The number of benzene rings is 1. The van der Waals surface area contributed by atoms with E-state index < -0.39 is 0 Å². The molecule has 0 spiro atoms. The zero-order chi connectivity index (χ0) is 16.9. The third kappa shape index (κ3) is 3.78. The van der Waals surface area contributed by atoms with E-state index in [0.29, 0.717) is 6.54 Å². The molecule has 2 heterocycles. The Kier molecular flexibility index (Phi) is 4.86. The van der Waals surface area contributed by atoms with Gasteiger partial charge in [-0.2, -0.15) is 5.10 Å². The van der Waals surface area contributed by atoms with Crippen molar-refractivity contribution in [3.05, 3.63) is 65.7 Å². The van der Waals surface area contributed by atoms with Gasteiger partial charge in [-0.3, -0.25) is 5.10 Å². The summed E-state index contributed by atoms with van der Waals surface area (Å²) in [5.74, 6) is 0.693. The molecule has 5 nitrogen and oxygen atoms in total. The summed E-state index contributed by atoms with van der Waals surface area (Å²) in [4.78, 5) is 6.37. The van der Waals surface area contributed by atoms with Crippen molar-refractivity contribution in [1.29, 1.82) is 0 Å². The van der Waals surface area contributed by atoms with Crippen LogP contribution in [-0.2, 0) is 13.1 Å². The van der Waals surface area contributed by atoms with Gasteiger partial charge in [0.2, 0.25) is 0 Å². The third-order valence-corrected chi connectivity index (χ3v) is 3.76. The van der Waals surface area contributed by atoms with Gasteiger partial charge in [-0.15, -0.1) is 0 Å². The lowest BCUT2D eigenvalue weighted by Crippen LogP contribution is -2.14. The van der Waals surface area contributed by atoms with E-state index in [1.807, 2.05) is 31.3 Å². The van der Waals surface area contributed by atoms with E-state index in [-0.39, 0.29) is 5.82 Å². The minimum absolute atomic E-state index is 0.244. The fraction of sp³-hybridized carbons (Fsp3) is 0.222. The molecule has 3 rings (SSSR count). The molecule has 0 fully saturated rings. The zero-order valence-corrected chi connectivity index (χ0v) is 13.8. The highest BCUT2D eigenvalue weighted by Gasteiger charge is 2.07. The van der Waals surface area contributed by atoms with Gasteiger partial charge in [-0.05, 0) is 35.9 Å². The second kappa shape index (κ2) is 7.23. The number of H-pyrrole nitrogens is 1. The van der Waals surface area contributed by atoms with Crippen LogP contribution in [0.25, 0.3) is 11.3 Å². The molecule has 124 valence electrons. The largest absolute Gasteiger partial charge is 0.363 e. The molecule has 1 aromatic carbocycles. The number of nitrogens with one attached hydrogen (secondary N) is 2. The second-order valence-electron chi connectivity index (χ2n) is 5.80. The first kappa shape index (κ1) is 16.1. The molecule has 6 heteroatoms. The van der Waals surface area contributed by atoms with Gasteiger partial charge in [0.25, 0.3) is 0 Å². The first-order valence-corrected chi connectivity index (χ1v) is 7.74. The summed E-state index contributed by atoms with van der Waals surface area (Å²) in [6, 6.07) is 10.5. The Bertz CT molecular complexity index is 778. The van der Waals surface area contributed by atoms with Crippen molar-refractivity contribution < 1.29 is 4.39 Å². The van der Waals surface area contributed by atoms with Crippen molar-refractivity contribution in [2.24, 2.45) is 0 Å². The van der Waals surface area contributed by atoms with Crippen LogP contribution < -0.4 is 10.2 Å². The predicted octanol–water partition coefficient (Wildman–Crippen LogP) is 2.97. The molecule has 0 atom stereocenters. The molecular weight excluding hydrogens is 305 g/mol. The molecular formula is C18H20FN5. The first-order chi connectivity index (χ1) is 11.6. The Morgan fingerprint density at radius 3 is 2.50 bits per heavy atom. The first-order valence-electron chi connectivity index (χ1n) is 7.74. The van der Waals surface area contributed by atoms with E-state index in [4.69, 9.17) is 0 Å². The third-order valence-electron chi connectivity index (χ3n) is 3.76. The number of aromatic amines is 1. The van der Waals surface area contributed by atoms with Gasteiger partial charge in [0.05, 0.1) is 11.9 Å². The normalized spacial score (nSPS) is 10.8. The van der Waals surface area contributed by atoms with Crippen LogP contribution in [0.4, 0.5) is 10.2 Å². The summed E-state index contributed by atoms with van der Waals surface area (Å²) < 4.78 is 13.1. The molecule has 0 aliphatic heterocycles. The fourth-order valence-corrected chi connectivity index (χ4v) is 2.44. The Labute approximate surface area is 140 Å². The number of nitrogens with zero attached hydrogens (tertiary/aromatic N) is 3. The van der Waals surface area contributed by atoms with Crippen LogP contribution in [0.3, 0.4) is 0 Å². The lowest BCUT2D eigenvalue weighted by atomic mass is 10.1. The van der Waals surface area contributed by atoms with Gasteiger partial charge >= 0.3 is 0 Å². The number of halogens is 1. The van der Waals surface area contributed by atoms with E-state index in [1.54, 1.807) is 18.3 Å².